The molecule has 1 aromatic carbocycles. The van der Waals surface area contributed by atoms with E-state index in [1.807, 2.05) is 6.07 Å². The van der Waals surface area contributed by atoms with Gasteiger partial charge in [0.15, 0.2) is 0 Å². The Labute approximate surface area is 205 Å². The molecule has 1 N–H and O–H groups in total. The summed E-state index contributed by atoms with van der Waals surface area (Å²) in [5, 5.41) is 3.52. The van der Waals surface area contributed by atoms with Gasteiger partial charge < -0.3 is 29.2 Å². The zero-order valence-corrected chi connectivity index (χ0v) is 20.1. The van der Waals surface area contributed by atoms with Crippen molar-refractivity contribution < 1.29 is 18.9 Å². The van der Waals surface area contributed by atoms with Gasteiger partial charge in [0.25, 0.3) is 0 Å². The third kappa shape index (κ3) is 6.07. The van der Waals surface area contributed by atoms with Gasteiger partial charge in [0.2, 0.25) is 5.88 Å². The van der Waals surface area contributed by atoms with E-state index in [1.54, 1.807) is 19.5 Å². The number of anilines is 2. The number of fused-ring (bicyclic) bond motifs is 1. The third-order valence-corrected chi connectivity index (χ3v) is 6.40. The van der Waals surface area contributed by atoms with Crippen molar-refractivity contribution in [3.8, 4) is 11.6 Å². The molecule has 0 bridgehead atoms. The van der Waals surface area contributed by atoms with Crippen LogP contribution >= 0.6 is 0 Å². The minimum atomic E-state index is 0.136. The van der Waals surface area contributed by atoms with Gasteiger partial charge in [0, 0.05) is 56.5 Å². The highest BCUT2D eigenvalue weighted by atomic mass is 16.5. The van der Waals surface area contributed by atoms with Gasteiger partial charge in [0.05, 0.1) is 31.4 Å². The summed E-state index contributed by atoms with van der Waals surface area (Å²) < 4.78 is 22.7. The monoisotopic (exact) mass is 480 g/mol. The van der Waals surface area contributed by atoms with Gasteiger partial charge in [-0.3, -0.25) is 4.98 Å². The Bertz CT molecular complexity index is 1100. The maximum absolute atomic E-state index is 6.53. The van der Waals surface area contributed by atoms with Gasteiger partial charge in [0.1, 0.15) is 30.0 Å². The maximum Gasteiger partial charge on any atom is 0.218 e. The van der Waals surface area contributed by atoms with E-state index in [2.05, 4.69) is 42.3 Å². The van der Waals surface area contributed by atoms with Gasteiger partial charge in [-0.1, -0.05) is 0 Å². The van der Waals surface area contributed by atoms with Gasteiger partial charge >= 0.3 is 0 Å². The van der Waals surface area contributed by atoms with E-state index in [1.165, 1.54) is 6.33 Å². The minimum Gasteiger partial charge on any atom is -0.488 e. The standard InChI is InChI=1S/C25H32N6O4/c1-32-12-13-34-24-16-23(28-17-29-24)30-18-2-4-20(5-3-18)35-22-15-19(31-8-10-33-11-9-31)14-21-25(22)27-7-6-26-21/h6-7,14-18,20H,2-5,8-13H2,1H3,(H,28,29,30). The number of nitrogens with one attached hydrogen (secondary N) is 1. The predicted octanol–water partition coefficient (Wildman–Crippen LogP) is 3.08. The Morgan fingerprint density at radius 3 is 2.63 bits per heavy atom. The first-order chi connectivity index (χ1) is 17.3. The molecule has 186 valence electrons. The van der Waals surface area contributed by atoms with Crippen molar-refractivity contribution in [3.05, 3.63) is 36.9 Å². The molecule has 1 aliphatic carbocycles. The summed E-state index contributed by atoms with van der Waals surface area (Å²) in [6.45, 7) is 4.18. The minimum absolute atomic E-state index is 0.136. The highest BCUT2D eigenvalue weighted by molar-refractivity contribution is 5.85. The number of hydrogen-bond donors (Lipinski definition) is 1. The second-order valence-corrected chi connectivity index (χ2v) is 8.79. The van der Waals surface area contributed by atoms with Crippen molar-refractivity contribution in [3.63, 3.8) is 0 Å². The summed E-state index contributed by atoms with van der Waals surface area (Å²) in [6.07, 6.45) is 8.98. The Kier molecular flexibility index (Phi) is 7.69. The summed E-state index contributed by atoms with van der Waals surface area (Å²) in [5.41, 5.74) is 2.78. The van der Waals surface area contributed by atoms with Gasteiger partial charge in [-0.05, 0) is 31.7 Å². The van der Waals surface area contributed by atoms with Crippen LogP contribution in [0.3, 0.4) is 0 Å². The van der Waals surface area contributed by atoms with E-state index >= 15 is 0 Å². The molecule has 3 aromatic rings. The smallest absolute Gasteiger partial charge is 0.218 e. The molecule has 35 heavy (non-hydrogen) atoms. The normalized spacial score (nSPS) is 20.5. The number of nitrogens with zero attached hydrogens (tertiary/aromatic N) is 5. The Balaban J connectivity index is 1.20. The van der Waals surface area contributed by atoms with E-state index < -0.39 is 0 Å². The maximum atomic E-state index is 6.53. The summed E-state index contributed by atoms with van der Waals surface area (Å²) in [7, 11) is 1.65. The van der Waals surface area contributed by atoms with Gasteiger partial charge in [-0.25, -0.2) is 15.0 Å². The molecule has 2 aromatic heterocycles. The van der Waals surface area contributed by atoms with Crippen LogP contribution in [-0.4, -0.2) is 78.7 Å². The van der Waals surface area contributed by atoms with Crippen LogP contribution in [0.2, 0.25) is 0 Å². The van der Waals surface area contributed by atoms with Crippen LogP contribution in [0, 0.1) is 0 Å². The fourth-order valence-corrected chi connectivity index (χ4v) is 4.56. The third-order valence-electron chi connectivity index (χ3n) is 6.40. The Hall–Kier alpha value is -3.24. The molecule has 1 saturated carbocycles. The van der Waals surface area contributed by atoms with E-state index in [4.69, 9.17) is 18.9 Å². The topological polar surface area (TPSA) is 104 Å². The van der Waals surface area contributed by atoms with E-state index in [-0.39, 0.29) is 6.10 Å². The number of benzene rings is 1. The summed E-state index contributed by atoms with van der Waals surface area (Å²) >= 11 is 0. The molecular formula is C25H32N6O4. The van der Waals surface area contributed by atoms with Crippen LogP contribution < -0.4 is 19.7 Å². The zero-order chi connectivity index (χ0) is 23.9. The molecule has 1 aliphatic heterocycles. The molecule has 10 heteroatoms. The second kappa shape index (κ2) is 11.5. The van der Waals surface area contributed by atoms with Crippen LogP contribution in [0.5, 0.6) is 11.6 Å². The number of methoxy groups -OCH3 is 1. The molecule has 10 nitrogen and oxygen atoms in total. The average molecular weight is 481 g/mol. The predicted molar refractivity (Wildman–Crippen MR) is 132 cm³/mol. The van der Waals surface area contributed by atoms with Crippen molar-refractivity contribution in [2.24, 2.45) is 0 Å². The van der Waals surface area contributed by atoms with E-state index in [9.17, 15) is 0 Å². The fraction of sp³-hybridized carbons (Fsp3) is 0.520. The second-order valence-electron chi connectivity index (χ2n) is 8.79. The molecule has 0 unspecified atom stereocenters. The molecule has 2 fully saturated rings. The highest BCUT2D eigenvalue weighted by Gasteiger charge is 2.24. The first-order valence-electron chi connectivity index (χ1n) is 12.2. The largest absolute Gasteiger partial charge is 0.488 e. The summed E-state index contributed by atoms with van der Waals surface area (Å²) in [5.74, 6) is 2.13. The van der Waals surface area contributed by atoms with Crippen LogP contribution in [0.15, 0.2) is 36.9 Å². The first kappa shape index (κ1) is 23.5. The first-order valence-corrected chi connectivity index (χ1v) is 12.2. The van der Waals surface area contributed by atoms with Gasteiger partial charge in [-0.15, -0.1) is 0 Å². The van der Waals surface area contributed by atoms with Crippen molar-refractivity contribution >= 4 is 22.5 Å². The van der Waals surface area contributed by atoms with Crippen LogP contribution in [-0.2, 0) is 9.47 Å². The Morgan fingerprint density at radius 2 is 1.80 bits per heavy atom. The number of aromatic nitrogens is 4. The zero-order valence-electron chi connectivity index (χ0n) is 20.1. The van der Waals surface area contributed by atoms with Crippen molar-refractivity contribution in [2.45, 2.75) is 37.8 Å². The summed E-state index contributed by atoms with van der Waals surface area (Å²) in [4.78, 5) is 19.9. The number of morpholine rings is 1. The van der Waals surface area contributed by atoms with E-state index in [0.717, 1.165) is 80.3 Å². The van der Waals surface area contributed by atoms with Crippen molar-refractivity contribution in [2.75, 3.05) is 56.8 Å². The highest BCUT2D eigenvalue weighted by Crippen LogP contribution is 2.33. The quantitative estimate of drug-likeness (QED) is 0.460. The molecule has 0 radical (unpaired) electrons. The molecular weight excluding hydrogens is 448 g/mol. The SMILES string of the molecule is COCCOc1cc(NC2CCC(Oc3cc(N4CCOCC4)cc4nccnc34)CC2)ncn1. The van der Waals surface area contributed by atoms with Crippen molar-refractivity contribution in [1.29, 1.82) is 0 Å². The van der Waals surface area contributed by atoms with Crippen molar-refractivity contribution in [1.82, 2.24) is 19.9 Å². The lowest BCUT2D eigenvalue weighted by Gasteiger charge is -2.31. The van der Waals surface area contributed by atoms with Crippen LogP contribution in [0.4, 0.5) is 11.5 Å². The average Bonchev–Trinajstić information content (AvgIpc) is 2.91. The molecule has 3 heterocycles. The van der Waals surface area contributed by atoms with E-state index in [0.29, 0.717) is 25.1 Å². The van der Waals surface area contributed by atoms with Gasteiger partial charge in [-0.2, -0.15) is 0 Å². The van der Waals surface area contributed by atoms with Crippen LogP contribution in [0.1, 0.15) is 25.7 Å². The number of hydrogen-bond acceptors (Lipinski definition) is 10. The lowest BCUT2D eigenvalue weighted by molar-refractivity contribution is 0.122. The molecule has 0 amide bonds. The molecule has 0 spiro atoms. The van der Waals surface area contributed by atoms with Crippen LogP contribution in [0.25, 0.3) is 11.0 Å². The molecule has 2 aliphatic rings. The summed E-state index contributed by atoms with van der Waals surface area (Å²) in [6, 6.07) is 6.36. The Morgan fingerprint density at radius 1 is 0.971 bits per heavy atom. The number of ether oxygens (including phenoxy) is 4. The number of rotatable bonds is 9. The molecule has 5 rings (SSSR count). The molecule has 1 saturated heterocycles. The molecule has 0 atom stereocenters. The lowest BCUT2D eigenvalue weighted by Crippen LogP contribution is -2.36. The lowest BCUT2D eigenvalue weighted by atomic mass is 9.93. The fourth-order valence-electron chi connectivity index (χ4n) is 4.56.